The van der Waals surface area contributed by atoms with Gasteiger partial charge in [-0.15, -0.1) is 0 Å². The Morgan fingerprint density at radius 3 is 2.48 bits per heavy atom. The average molecular weight is 322 g/mol. The highest BCUT2D eigenvalue weighted by atomic mass is 32.2. The predicted molar refractivity (Wildman–Crippen MR) is 66.5 cm³/mol. The van der Waals surface area contributed by atoms with Crippen molar-refractivity contribution in [1.82, 2.24) is 4.72 Å². The fourth-order valence-corrected chi connectivity index (χ4v) is 2.86. The van der Waals surface area contributed by atoms with Gasteiger partial charge in [-0.3, -0.25) is 14.9 Å². The third-order valence-corrected chi connectivity index (χ3v) is 3.93. The maximum absolute atomic E-state index is 13.0. The van der Waals surface area contributed by atoms with E-state index in [2.05, 4.69) is 0 Å². The van der Waals surface area contributed by atoms with Crippen LogP contribution in [0.1, 0.15) is 6.92 Å². The summed E-state index contributed by atoms with van der Waals surface area (Å²) in [6.07, 6.45) is -1.59. The number of rotatable bonds is 6. The van der Waals surface area contributed by atoms with Gasteiger partial charge in [0.15, 0.2) is 4.90 Å². The van der Waals surface area contributed by atoms with E-state index in [-0.39, 0.29) is 0 Å². The van der Waals surface area contributed by atoms with Crippen LogP contribution in [-0.4, -0.2) is 41.7 Å². The SMILES string of the molecule is C[C@@H](O)[C@H](NS(=O)(=O)c1ccc(F)cc1[N+](=O)[O-])C(=O)O. The molecule has 0 fully saturated rings. The molecular formula is C10H11FN2O7S. The molecular weight excluding hydrogens is 311 g/mol. The maximum atomic E-state index is 13.0. The summed E-state index contributed by atoms with van der Waals surface area (Å²) in [5.41, 5.74) is -1.04. The summed E-state index contributed by atoms with van der Waals surface area (Å²) < 4.78 is 38.5. The number of nitro groups is 1. The summed E-state index contributed by atoms with van der Waals surface area (Å²) in [6, 6.07) is -0.192. The van der Waals surface area contributed by atoms with Gasteiger partial charge in [0.25, 0.3) is 5.69 Å². The Kier molecular flexibility index (Phi) is 4.93. The highest BCUT2D eigenvalue weighted by Gasteiger charge is 2.33. The molecule has 3 N–H and O–H groups in total. The standard InChI is InChI=1S/C10H11FN2O7S/c1-5(14)9(10(15)16)12-21(19,20)8-3-2-6(11)4-7(8)13(17)18/h2-5,9,12,14H,1H3,(H,15,16)/t5-,9+/m1/s1. The van der Waals surface area contributed by atoms with E-state index in [1.807, 2.05) is 0 Å². The van der Waals surface area contributed by atoms with Crippen molar-refractivity contribution in [2.24, 2.45) is 0 Å². The van der Waals surface area contributed by atoms with Crippen LogP contribution in [0, 0.1) is 15.9 Å². The van der Waals surface area contributed by atoms with Crippen LogP contribution >= 0.6 is 0 Å². The number of sulfonamides is 1. The molecule has 0 amide bonds. The first kappa shape index (κ1) is 16.9. The normalized spacial score (nSPS) is 14.4. The molecule has 21 heavy (non-hydrogen) atoms. The van der Waals surface area contributed by atoms with Gasteiger partial charge in [-0.2, -0.15) is 4.72 Å². The van der Waals surface area contributed by atoms with E-state index in [4.69, 9.17) is 5.11 Å². The van der Waals surface area contributed by atoms with Crippen LogP contribution in [0.2, 0.25) is 0 Å². The first-order chi connectivity index (χ1) is 9.56. The van der Waals surface area contributed by atoms with Crippen LogP contribution in [-0.2, 0) is 14.8 Å². The van der Waals surface area contributed by atoms with Crippen LogP contribution in [0.4, 0.5) is 10.1 Å². The minimum atomic E-state index is -4.64. The van der Waals surface area contributed by atoms with E-state index in [1.54, 1.807) is 4.72 Å². The molecule has 2 atom stereocenters. The molecule has 1 aromatic carbocycles. The number of nitrogens with one attached hydrogen (secondary N) is 1. The molecule has 0 heterocycles. The monoisotopic (exact) mass is 322 g/mol. The molecule has 0 aromatic heterocycles. The molecule has 0 aliphatic carbocycles. The summed E-state index contributed by atoms with van der Waals surface area (Å²) >= 11 is 0. The number of carboxylic acids is 1. The lowest BCUT2D eigenvalue weighted by molar-refractivity contribution is -0.388. The maximum Gasteiger partial charge on any atom is 0.324 e. The number of aliphatic hydroxyl groups excluding tert-OH is 1. The Bertz CT molecular complexity index is 674. The van der Waals surface area contributed by atoms with Crippen LogP contribution in [0.5, 0.6) is 0 Å². The number of hydrogen-bond acceptors (Lipinski definition) is 6. The second kappa shape index (κ2) is 6.11. The van der Waals surface area contributed by atoms with Crippen molar-refractivity contribution in [3.63, 3.8) is 0 Å². The molecule has 0 unspecified atom stereocenters. The third kappa shape index (κ3) is 3.93. The quantitative estimate of drug-likeness (QED) is 0.487. The Balaban J connectivity index is 3.32. The van der Waals surface area contributed by atoms with Crippen molar-refractivity contribution in [2.45, 2.75) is 24.0 Å². The molecule has 0 aliphatic rings. The van der Waals surface area contributed by atoms with Gasteiger partial charge in [0.1, 0.15) is 11.9 Å². The fourth-order valence-electron chi connectivity index (χ4n) is 1.45. The number of nitrogens with zero attached hydrogens (tertiary/aromatic N) is 1. The molecule has 0 spiro atoms. The van der Waals surface area contributed by atoms with Gasteiger partial charge in [0.2, 0.25) is 10.0 Å². The number of carboxylic acid groups (broad SMARTS) is 1. The molecule has 0 aliphatic heterocycles. The highest BCUT2D eigenvalue weighted by Crippen LogP contribution is 2.24. The summed E-state index contributed by atoms with van der Waals surface area (Å²) in [7, 11) is -4.64. The lowest BCUT2D eigenvalue weighted by Crippen LogP contribution is -2.47. The Hall–Kier alpha value is -2.11. The second-order valence-electron chi connectivity index (χ2n) is 4.05. The number of carbonyl (C=O) groups is 1. The van der Waals surface area contributed by atoms with Crippen LogP contribution in [0.15, 0.2) is 23.1 Å². The predicted octanol–water partition coefficient (Wildman–Crippen LogP) is -0.154. The van der Waals surface area contributed by atoms with Crippen LogP contribution in [0.3, 0.4) is 0 Å². The molecule has 0 bridgehead atoms. The van der Waals surface area contributed by atoms with Gasteiger partial charge in [-0.05, 0) is 19.1 Å². The van der Waals surface area contributed by atoms with Gasteiger partial charge in [0, 0.05) is 0 Å². The molecule has 0 radical (unpaired) electrons. The highest BCUT2D eigenvalue weighted by molar-refractivity contribution is 7.89. The molecule has 0 saturated carbocycles. The minimum absolute atomic E-state index is 0.396. The Morgan fingerprint density at radius 1 is 1.48 bits per heavy atom. The number of aliphatic hydroxyl groups is 1. The van der Waals surface area contributed by atoms with Crippen molar-refractivity contribution in [3.8, 4) is 0 Å². The van der Waals surface area contributed by atoms with Gasteiger partial charge < -0.3 is 10.2 Å². The number of halogens is 1. The van der Waals surface area contributed by atoms with E-state index in [1.165, 1.54) is 0 Å². The van der Waals surface area contributed by atoms with Gasteiger partial charge in [-0.1, -0.05) is 0 Å². The van der Waals surface area contributed by atoms with Gasteiger partial charge in [-0.25, -0.2) is 12.8 Å². The number of aliphatic carboxylic acids is 1. The van der Waals surface area contributed by atoms with E-state index >= 15 is 0 Å². The van der Waals surface area contributed by atoms with E-state index in [0.717, 1.165) is 6.92 Å². The molecule has 116 valence electrons. The molecule has 1 aromatic rings. The smallest absolute Gasteiger partial charge is 0.324 e. The van der Waals surface area contributed by atoms with Crippen LogP contribution in [0.25, 0.3) is 0 Å². The summed E-state index contributed by atoms with van der Waals surface area (Å²) in [5, 5.41) is 28.8. The second-order valence-corrected chi connectivity index (χ2v) is 5.73. The van der Waals surface area contributed by atoms with Crippen molar-refractivity contribution in [3.05, 3.63) is 34.1 Å². The molecule has 0 saturated heterocycles. The topological polar surface area (TPSA) is 147 Å². The van der Waals surface area contributed by atoms with E-state index < -0.39 is 49.5 Å². The average Bonchev–Trinajstić information content (AvgIpc) is 2.34. The Morgan fingerprint density at radius 2 is 2.05 bits per heavy atom. The van der Waals surface area contributed by atoms with E-state index in [9.17, 15) is 32.8 Å². The lowest BCUT2D eigenvalue weighted by atomic mass is 10.2. The zero-order valence-electron chi connectivity index (χ0n) is 10.6. The zero-order valence-corrected chi connectivity index (χ0v) is 11.4. The van der Waals surface area contributed by atoms with Crippen molar-refractivity contribution >= 4 is 21.7 Å². The first-order valence-corrected chi connectivity index (χ1v) is 6.91. The molecule has 9 nitrogen and oxygen atoms in total. The van der Waals surface area contributed by atoms with Gasteiger partial charge in [0.05, 0.1) is 17.1 Å². The Labute approximate surface area is 118 Å². The number of nitro benzene ring substituents is 1. The molecule has 11 heteroatoms. The first-order valence-electron chi connectivity index (χ1n) is 5.43. The van der Waals surface area contributed by atoms with Gasteiger partial charge >= 0.3 is 5.97 Å². The summed E-state index contributed by atoms with van der Waals surface area (Å²) in [6.45, 7) is 1.03. The van der Waals surface area contributed by atoms with Crippen molar-refractivity contribution < 1.29 is 32.7 Å². The largest absolute Gasteiger partial charge is 0.480 e. The lowest BCUT2D eigenvalue weighted by Gasteiger charge is -2.17. The van der Waals surface area contributed by atoms with Crippen molar-refractivity contribution in [2.75, 3.05) is 0 Å². The number of hydrogen-bond donors (Lipinski definition) is 3. The fraction of sp³-hybridized carbons (Fsp3) is 0.300. The van der Waals surface area contributed by atoms with Crippen molar-refractivity contribution in [1.29, 1.82) is 0 Å². The minimum Gasteiger partial charge on any atom is -0.480 e. The van der Waals surface area contributed by atoms with Crippen LogP contribution < -0.4 is 4.72 Å². The number of benzene rings is 1. The molecule has 1 rings (SSSR count). The summed E-state index contributed by atoms with van der Waals surface area (Å²) in [5.74, 6) is -2.69. The third-order valence-electron chi connectivity index (χ3n) is 2.44. The summed E-state index contributed by atoms with van der Waals surface area (Å²) in [4.78, 5) is 19.6. The zero-order chi connectivity index (χ0) is 16.4. The van der Waals surface area contributed by atoms with E-state index in [0.29, 0.717) is 18.2 Å².